The van der Waals surface area contributed by atoms with E-state index >= 15 is 0 Å². The van der Waals surface area contributed by atoms with Crippen molar-refractivity contribution >= 4 is 30.6 Å². The molecule has 1 aromatic heterocycles. The minimum Gasteiger partial charge on any atom is -0.207 e. The van der Waals surface area contributed by atoms with Crippen LogP contribution in [0.2, 0.25) is 0 Å². The van der Waals surface area contributed by atoms with E-state index in [4.69, 9.17) is 0 Å². The zero-order valence-corrected chi connectivity index (χ0v) is 13.4. The highest BCUT2D eigenvalue weighted by atomic mass is 32.2. The van der Waals surface area contributed by atoms with Gasteiger partial charge in [-0.15, -0.1) is 0 Å². The first-order valence-corrected chi connectivity index (χ1v) is 8.58. The maximum absolute atomic E-state index is 13.7. The average molecular weight is 365 g/mol. The molecule has 6 heteroatoms. The molecule has 0 atom stereocenters. The third kappa shape index (κ3) is 2.66. The van der Waals surface area contributed by atoms with Gasteiger partial charge in [0.1, 0.15) is 11.6 Å². The van der Waals surface area contributed by atoms with Gasteiger partial charge in [-0.25, -0.2) is 8.78 Å². The summed E-state index contributed by atoms with van der Waals surface area (Å²) in [6.07, 6.45) is -4.40. The molecule has 0 N–H and O–H groups in total. The number of benzene rings is 3. The van der Waals surface area contributed by atoms with Crippen molar-refractivity contribution in [2.24, 2.45) is 0 Å². The topological polar surface area (TPSA) is 0 Å². The van der Waals surface area contributed by atoms with Crippen LogP contribution in [0.25, 0.3) is 25.1 Å². The lowest BCUT2D eigenvalue weighted by Crippen LogP contribution is -2.03. The standard InChI is InChI=1S/C19H10F5S/c20-12-3-7-17-15(9-12)16-10-13(21)4-8-18(16)25(17)14-5-1-11(2-6-14)19(22,23)24/h1-10H/q+1. The molecule has 0 aliphatic rings. The summed E-state index contributed by atoms with van der Waals surface area (Å²) >= 11 is 0. The average Bonchev–Trinajstić information content (AvgIpc) is 2.87. The van der Waals surface area contributed by atoms with Gasteiger partial charge in [0.25, 0.3) is 0 Å². The Hall–Kier alpha value is -2.47. The zero-order valence-electron chi connectivity index (χ0n) is 12.6. The minimum atomic E-state index is -4.40. The van der Waals surface area contributed by atoms with Crippen LogP contribution in [-0.4, -0.2) is 0 Å². The molecule has 0 amide bonds. The van der Waals surface area contributed by atoms with Crippen molar-refractivity contribution in [1.29, 1.82) is 0 Å². The fraction of sp³-hybridized carbons (Fsp3) is 0.0526. The number of fused-ring (bicyclic) bond motifs is 3. The number of alkyl halides is 3. The first-order valence-electron chi connectivity index (χ1n) is 7.35. The predicted molar refractivity (Wildman–Crippen MR) is 90.2 cm³/mol. The molecule has 0 radical (unpaired) electrons. The van der Waals surface area contributed by atoms with Crippen LogP contribution >= 0.6 is 10.5 Å². The smallest absolute Gasteiger partial charge is 0.207 e. The number of hydrogen-bond acceptors (Lipinski definition) is 0. The Morgan fingerprint density at radius 2 is 1.12 bits per heavy atom. The largest absolute Gasteiger partial charge is 0.416 e. The lowest BCUT2D eigenvalue weighted by molar-refractivity contribution is -0.137. The van der Waals surface area contributed by atoms with E-state index in [0.717, 1.165) is 21.5 Å². The quantitative estimate of drug-likeness (QED) is 0.251. The molecule has 0 nitrogen and oxygen atoms in total. The molecular formula is C19H10F5S+. The summed E-state index contributed by atoms with van der Waals surface area (Å²) in [5, 5.41) is 1.16. The summed E-state index contributed by atoms with van der Waals surface area (Å²) in [6.45, 7) is 0. The number of halogens is 5. The summed E-state index contributed by atoms with van der Waals surface area (Å²) in [4.78, 5) is 0.672. The van der Waals surface area contributed by atoms with Crippen molar-refractivity contribution in [3.05, 3.63) is 77.9 Å². The van der Waals surface area contributed by atoms with Crippen LogP contribution in [0, 0.1) is 11.6 Å². The summed E-state index contributed by atoms with van der Waals surface area (Å²) in [5.74, 6) is -0.876. The summed E-state index contributed by atoms with van der Waals surface area (Å²) in [6, 6.07) is 13.5. The van der Waals surface area contributed by atoms with Gasteiger partial charge in [-0.2, -0.15) is 13.2 Å². The van der Waals surface area contributed by atoms with E-state index in [1.807, 2.05) is 0 Å². The molecule has 0 bridgehead atoms. The van der Waals surface area contributed by atoms with Crippen LogP contribution in [0.3, 0.4) is 0 Å². The molecule has 126 valence electrons. The Labute approximate surface area is 142 Å². The van der Waals surface area contributed by atoms with E-state index in [1.165, 1.54) is 36.4 Å². The maximum Gasteiger partial charge on any atom is 0.416 e. The van der Waals surface area contributed by atoms with Crippen molar-refractivity contribution in [1.82, 2.24) is 0 Å². The molecule has 0 aliphatic heterocycles. The first kappa shape index (κ1) is 16.0. The Morgan fingerprint density at radius 3 is 1.56 bits per heavy atom. The highest BCUT2D eigenvalue weighted by Gasteiger charge is 2.31. The maximum atomic E-state index is 13.7. The lowest BCUT2D eigenvalue weighted by Gasteiger charge is -2.05. The van der Waals surface area contributed by atoms with Gasteiger partial charge in [0.05, 0.1) is 16.3 Å². The molecule has 1 heterocycles. The van der Waals surface area contributed by atoms with Gasteiger partial charge in [-0.1, -0.05) is 0 Å². The minimum absolute atomic E-state index is 0.438. The third-order valence-corrected chi connectivity index (χ3v) is 6.37. The van der Waals surface area contributed by atoms with Gasteiger partial charge in [0, 0.05) is 22.6 Å². The fourth-order valence-corrected chi connectivity index (χ4v) is 5.27. The predicted octanol–water partition coefficient (Wildman–Crippen LogP) is 7.03. The summed E-state index contributed by atoms with van der Waals surface area (Å²) < 4.78 is 67.2. The molecule has 0 unspecified atom stereocenters. The molecule has 0 spiro atoms. The lowest BCUT2D eigenvalue weighted by atomic mass is 10.1. The Bertz CT molecular complexity index is 1030. The highest BCUT2D eigenvalue weighted by Crippen LogP contribution is 2.49. The van der Waals surface area contributed by atoms with Crippen LogP contribution in [0.1, 0.15) is 5.56 Å². The molecule has 4 aromatic rings. The number of rotatable bonds is 1. The van der Waals surface area contributed by atoms with E-state index in [2.05, 4.69) is 0 Å². The number of thiophene rings is 1. The fourth-order valence-electron chi connectivity index (χ4n) is 2.93. The van der Waals surface area contributed by atoms with Gasteiger partial charge in [0.15, 0.2) is 14.3 Å². The van der Waals surface area contributed by atoms with Crippen molar-refractivity contribution in [2.75, 3.05) is 0 Å². The zero-order chi connectivity index (χ0) is 17.8. The normalized spacial score (nSPS) is 12.2. The molecule has 0 saturated carbocycles. The van der Waals surface area contributed by atoms with Crippen LogP contribution in [0.4, 0.5) is 22.0 Å². The molecule has 0 fully saturated rings. The SMILES string of the molecule is Fc1ccc2c(c1)c1cc(F)ccc1[s+]2-c1ccc(C(F)(F)F)cc1. The van der Waals surface area contributed by atoms with Crippen molar-refractivity contribution in [2.45, 2.75) is 6.18 Å². The second-order valence-electron chi connectivity index (χ2n) is 5.61. The molecule has 4 rings (SSSR count). The second-order valence-corrected chi connectivity index (χ2v) is 7.57. The second kappa shape index (κ2) is 5.52. The third-order valence-electron chi connectivity index (χ3n) is 4.03. The first-order chi connectivity index (χ1) is 11.8. The van der Waals surface area contributed by atoms with Crippen molar-refractivity contribution < 1.29 is 22.0 Å². The van der Waals surface area contributed by atoms with Gasteiger partial charge >= 0.3 is 6.18 Å². The molecule has 25 heavy (non-hydrogen) atoms. The molecular weight excluding hydrogens is 355 g/mol. The Balaban J connectivity index is 2.03. The van der Waals surface area contributed by atoms with Crippen LogP contribution in [0.15, 0.2) is 60.7 Å². The van der Waals surface area contributed by atoms with Crippen LogP contribution < -0.4 is 0 Å². The van der Waals surface area contributed by atoms with E-state index in [-0.39, 0.29) is 0 Å². The van der Waals surface area contributed by atoms with E-state index in [0.29, 0.717) is 15.7 Å². The van der Waals surface area contributed by atoms with Crippen molar-refractivity contribution in [3.8, 4) is 4.90 Å². The molecule has 3 aromatic carbocycles. The van der Waals surface area contributed by atoms with Crippen molar-refractivity contribution in [3.63, 3.8) is 0 Å². The number of hydrogen-bond donors (Lipinski definition) is 0. The van der Waals surface area contributed by atoms with Gasteiger partial charge in [-0.3, -0.25) is 0 Å². The Morgan fingerprint density at radius 1 is 0.640 bits per heavy atom. The van der Waals surface area contributed by atoms with E-state index < -0.39 is 33.8 Å². The molecule has 0 aliphatic carbocycles. The Kier molecular flexibility index (Phi) is 3.54. The summed E-state index contributed by atoms with van der Waals surface area (Å²) in [5.41, 5.74) is -0.724. The van der Waals surface area contributed by atoms with Gasteiger partial charge < -0.3 is 0 Å². The van der Waals surface area contributed by atoms with E-state index in [9.17, 15) is 22.0 Å². The van der Waals surface area contributed by atoms with Crippen LogP contribution in [0.5, 0.6) is 0 Å². The van der Waals surface area contributed by atoms with Gasteiger partial charge in [0.2, 0.25) is 0 Å². The molecule has 0 saturated heterocycles. The van der Waals surface area contributed by atoms with Crippen LogP contribution in [-0.2, 0) is 6.18 Å². The highest BCUT2D eigenvalue weighted by molar-refractivity contribution is 7.50. The van der Waals surface area contributed by atoms with Gasteiger partial charge in [-0.05, 0) is 48.5 Å². The van der Waals surface area contributed by atoms with E-state index in [1.54, 1.807) is 12.1 Å². The monoisotopic (exact) mass is 365 g/mol. The summed E-state index contributed by atoms with van der Waals surface area (Å²) in [7, 11) is -0.693.